The van der Waals surface area contributed by atoms with E-state index in [0.717, 1.165) is 25.9 Å². The minimum Gasteiger partial charge on any atom is -0.383 e. The summed E-state index contributed by atoms with van der Waals surface area (Å²) in [4.78, 5) is 28.3. The number of nitrogens with zero attached hydrogens (tertiary/aromatic N) is 2. The summed E-state index contributed by atoms with van der Waals surface area (Å²) in [6, 6.07) is 0.0479. The fraction of sp³-hybridized carbons (Fsp3) is 0.867. The smallest absolute Gasteiger partial charge is 0.227 e. The summed E-state index contributed by atoms with van der Waals surface area (Å²) < 4.78 is 5.10. The zero-order valence-electron chi connectivity index (χ0n) is 12.8. The van der Waals surface area contributed by atoms with Crippen molar-refractivity contribution in [1.29, 1.82) is 0 Å². The van der Waals surface area contributed by atoms with Crippen LogP contribution in [0.1, 0.15) is 33.1 Å². The van der Waals surface area contributed by atoms with Gasteiger partial charge >= 0.3 is 0 Å². The zero-order valence-corrected chi connectivity index (χ0v) is 12.8. The predicted octanol–water partition coefficient (Wildman–Crippen LogP) is 1.13. The highest BCUT2D eigenvalue weighted by Gasteiger charge is 2.38. The summed E-state index contributed by atoms with van der Waals surface area (Å²) in [5, 5.41) is 0. The molecule has 2 aliphatic heterocycles. The van der Waals surface area contributed by atoms with Crippen LogP contribution in [0.4, 0.5) is 0 Å². The van der Waals surface area contributed by atoms with Gasteiger partial charge in [0.1, 0.15) is 0 Å². The van der Waals surface area contributed by atoms with E-state index in [1.165, 1.54) is 0 Å². The molecule has 2 aliphatic rings. The number of piperidine rings is 1. The van der Waals surface area contributed by atoms with Gasteiger partial charge in [-0.2, -0.15) is 0 Å². The first kappa shape index (κ1) is 15.3. The Morgan fingerprint density at radius 3 is 2.65 bits per heavy atom. The lowest BCUT2D eigenvalue weighted by Crippen LogP contribution is -2.43. The monoisotopic (exact) mass is 282 g/mol. The lowest BCUT2D eigenvalue weighted by atomic mass is 9.97. The highest BCUT2D eigenvalue weighted by Crippen LogP contribution is 2.25. The van der Waals surface area contributed by atoms with E-state index in [9.17, 15) is 9.59 Å². The third-order valence-electron chi connectivity index (χ3n) is 4.54. The molecule has 0 spiro atoms. The molecule has 2 atom stereocenters. The lowest BCUT2D eigenvalue weighted by Gasteiger charge is -2.32. The van der Waals surface area contributed by atoms with Crippen molar-refractivity contribution in [2.24, 2.45) is 11.8 Å². The Kier molecular flexibility index (Phi) is 5.02. The molecule has 5 heteroatoms. The maximum Gasteiger partial charge on any atom is 0.227 e. The van der Waals surface area contributed by atoms with Crippen molar-refractivity contribution < 1.29 is 14.3 Å². The molecule has 5 nitrogen and oxygen atoms in total. The summed E-state index contributed by atoms with van der Waals surface area (Å²) in [7, 11) is 1.63. The maximum atomic E-state index is 12.5. The molecule has 0 unspecified atom stereocenters. The van der Waals surface area contributed by atoms with Crippen LogP contribution in [-0.2, 0) is 14.3 Å². The molecule has 0 saturated carbocycles. The number of ether oxygens (including phenoxy) is 1. The Morgan fingerprint density at radius 1 is 1.40 bits per heavy atom. The minimum absolute atomic E-state index is 0.0479. The first-order valence-electron chi connectivity index (χ1n) is 7.60. The van der Waals surface area contributed by atoms with Crippen LogP contribution < -0.4 is 0 Å². The number of likely N-dealkylation sites (tertiary alicyclic amines) is 2. The number of methoxy groups -OCH3 is 1. The third kappa shape index (κ3) is 3.32. The Bertz CT molecular complexity index is 364. The van der Waals surface area contributed by atoms with Gasteiger partial charge in [-0.1, -0.05) is 6.92 Å². The predicted molar refractivity (Wildman–Crippen MR) is 76.1 cm³/mol. The van der Waals surface area contributed by atoms with Gasteiger partial charge in [0, 0.05) is 33.2 Å². The summed E-state index contributed by atoms with van der Waals surface area (Å²) in [6.07, 6.45) is 2.52. The first-order valence-corrected chi connectivity index (χ1v) is 7.60. The largest absolute Gasteiger partial charge is 0.383 e. The number of carbonyl (C=O) groups excluding carboxylic acids is 2. The standard InChI is InChI=1S/C15H26N2O3/c1-11-4-6-16(7-5-11)15(19)13-8-14(18)17(9-13)12(2)10-20-3/h11-13H,4-10H2,1-3H3/t12-,13-/m0/s1. The fourth-order valence-electron chi connectivity index (χ4n) is 3.14. The molecule has 0 aliphatic carbocycles. The highest BCUT2D eigenvalue weighted by molar-refractivity contribution is 5.89. The normalized spacial score (nSPS) is 26.1. The second kappa shape index (κ2) is 6.57. The molecule has 2 heterocycles. The molecule has 2 saturated heterocycles. The van der Waals surface area contributed by atoms with Gasteiger partial charge in [0.15, 0.2) is 0 Å². The summed E-state index contributed by atoms with van der Waals surface area (Å²) in [5.41, 5.74) is 0. The summed E-state index contributed by atoms with van der Waals surface area (Å²) in [6.45, 7) is 6.96. The van der Waals surface area contributed by atoms with Crippen molar-refractivity contribution in [2.45, 2.75) is 39.2 Å². The van der Waals surface area contributed by atoms with E-state index in [2.05, 4.69) is 6.92 Å². The number of hydrogen-bond donors (Lipinski definition) is 0. The molecule has 0 N–H and O–H groups in total. The Balaban J connectivity index is 1.91. The van der Waals surface area contributed by atoms with Crippen molar-refractivity contribution in [2.75, 3.05) is 33.4 Å². The van der Waals surface area contributed by atoms with E-state index in [-0.39, 0.29) is 23.8 Å². The van der Waals surface area contributed by atoms with E-state index < -0.39 is 0 Å². The van der Waals surface area contributed by atoms with Crippen LogP contribution in [0.3, 0.4) is 0 Å². The quantitative estimate of drug-likeness (QED) is 0.776. The van der Waals surface area contributed by atoms with Gasteiger partial charge in [-0.15, -0.1) is 0 Å². The van der Waals surface area contributed by atoms with Crippen LogP contribution in [0.5, 0.6) is 0 Å². The topological polar surface area (TPSA) is 49.9 Å². The minimum atomic E-state index is -0.157. The first-order chi connectivity index (χ1) is 9.52. The van der Waals surface area contributed by atoms with Gasteiger partial charge in [0.05, 0.1) is 18.6 Å². The van der Waals surface area contributed by atoms with Crippen LogP contribution in [0.15, 0.2) is 0 Å². The van der Waals surface area contributed by atoms with Gasteiger partial charge in [-0.3, -0.25) is 9.59 Å². The van der Waals surface area contributed by atoms with E-state index in [0.29, 0.717) is 25.5 Å². The maximum absolute atomic E-state index is 12.5. The van der Waals surface area contributed by atoms with Gasteiger partial charge in [-0.05, 0) is 25.7 Å². The van der Waals surface area contributed by atoms with Gasteiger partial charge in [-0.25, -0.2) is 0 Å². The highest BCUT2D eigenvalue weighted by atomic mass is 16.5. The Hall–Kier alpha value is -1.10. The second-order valence-electron chi connectivity index (χ2n) is 6.26. The average molecular weight is 282 g/mol. The third-order valence-corrected chi connectivity index (χ3v) is 4.54. The molecule has 2 fully saturated rings. The van der Waals surface area contributed by atoms with Crippen molar-refractivity contribution in [3.05, 3.63) is 0 Å². The Labute approximate surface area is 121 Å². The molecule has 0 aromatic carbocycles. The van der Waals surface area contributed by atoms with Crippen molar-refractivity contribution >= 4 is 11.8 Å². The molecule has 0 radical (unpaired) electrons. The SMILES string of the molecule is COC[C@H](C)N1C[C@@H](C(=O)N2CCC(C)CC2)CC1=O. The van der Waals surface area contributed by atoms with Crippen LogP contribution in [0.25, 0.3) is 0 Å². The van der Waals surface area contributed by atoms with Crippen LogP contribution in [0.2, 0.25) is 0 Å². The number of carbonyl (C=O) groups is 2. The molecule has 2 amide bonds. The number of hydrogen-bond acceptors (Lipinski definition) is 3. The number of amides is 2. The summed E-state index contributed by atoms with van der Waals surface area (Å²) in [5.74, 6) is 0.799. The molecule has 0 bridgehead atoms. The lowest BCUT2D eigenvalue weighted by molar-refractivity contribution is -0.137. The van der Waals surface area contributed by atoms with Crippen molar-refractivity contribution in [3.63, 3.8) is 0 Å². The van der Waals surface area contributed by atoms with E-state index in [1.54, 1.807) is 12.0 Å². The molecule has 114 valence electrons. The number of rotatable bonds is 4. The van der Waals surface area contributed by atoms with Crippen LogP contribution in [0, 0.1) is 11.8 Å². The Morgan fingerprint density at radius 2 is 2.05 bits per heavy atom. The average Bonchev–Trinajstić information content (AvgIpc) is 2.81. The van der Waals surface area contributed by atoms with Crippen molar-refractivity contribution in [1.82, 2.24) is 9.80 Å². The molecular weight excluding hydrogens is 256 g/mol. The van der Waals surface area contributed by atoms with E-state index in [1.807, 2.05) is 11.8 Å². The van der Waals surface area contributed by atoms with Crippen molar-refractivity contribution in [3.8, 4) is 0 Å². The molecule has 0 aromatic rings. The van der Waals surface area contributed by atoms with Gasteiger partial charge < -0.3 is 14.5 Å². The van der Waals surface area contributed by atoms with Gasteiger partial charge in [0.2, 0.25) is 11.8 Å². The van der Waals surface area contributed by atoms with Crippen LogP contribution in [-0.4, -0.2) is 61.0 Å². The fourth-order valence-corrected chi connectivity index (χ4v) is 3.14. The van der Waals surface area contributed by atoms with Crippen LogP contribution >= 0.6 is 0 Å². The van der Waals surface area contributed by atoms with E-state index >= 15 is 0 Å². The molecular formula is C15H26N2O3. The molecule has 20 heavy (non-hydrogen) atoms. The zero-order chi connectivity index (χ0) is 14.7. The summed E-state index contributed by atoms with van der Waals surface area (Å²) >= 11 is 0. The van der Waals surface area contributed by atoms with Gasteiger partial charge in [0.25, 0.3) is 0 Å². The second-order valence-corrected chi connectivity index (χ2v) is 6.26. The molecule has 2 rings (SSSR count). The molecule has 0 aromatic heterocycles. The van der Waals surface area contributed by atoms with E-state index in [4.69, 9.17) is 4.74 Å².